The molecule has 0 saturated carbocycles. The van der Waals surface area contributed by atoms with E-state index in [0.717, 1.165) is 15.7 Å². The average Bonchev–Trinajstić information content (AvgIpc) is 3.36. The molecule has 0 spiro atoms. The number of hydrogen-bond acceptors (Lipinski definition) is 7. The average molecular weight is 515 g/mol. The number of carbonyl (C=O) groups is 1. The monoisotopic (exact) mass is 514 g/mol. The lowest BCUT2D eigenvalue weighted by Gasteiger charge is -2.13. The molecular weight excluding hydrogens is 495 g/mol. The first-order valence-electron chi connectivity index (χ1n) is 10.7. The van der Waals surface area contributed by atoms with Gasteiger partial charge in [-0.1, -0.05) is 29.3 Å². The molecule has 1 fully saturated rings. The molecule has 35 heavy (non-hydrogen) atoms. The van der Waals surface area contributed by atoms with Crippen LogP contribution in [0.3, 0.4) is 0 Å². The third-order valence-electron chi connectivity index (χ3n) is 5.88. The second-order valence-corrected chi connectivity index (χ2v) is 10.6. The van der Waals surface area contributed by atoms with Crippen molar-refractivity contribution >= 4 is 44.4 Å². The van der Waals surface area contributed by atoms with Gasteiger partial charge in [0.2, 0.25) is 5.91 Å². The Hall–Kier alpha value is -3.57. The van der Waals surface area contributed by atoms with Crippen molar-refractivity contribution in [3.8, 4) is 11.4 Å². The number of carbonyl (C=O) groups excluding carboxylic acids is 1. The summed E-state index contributed by atoms with van der Waals surface area (Å²) in [4.78, 5) is 26.5. The number of aryl methyl sites for hydroxylation is 1. The summed E-state index contributed by atoms with van der Waals surface area (Å²) in [6.45, 7) is 2.41. The summed E-state index contributed by atoms with van der Waals surface area (Å²) in [6, 6.07) is 7.36. The van der Waals surface area contributed by atoms with Crippen molar-refractivity contribution in [2.45, 2.75) is 24.3 Å². The second-order valence-electron chi connectivity index (χ2n) is 8.32. The topological polar surface area (TPSA) is 110 Å². The van der Waals surface area contributed by atoms with Gasteiger partial charge in [0.1, 0.15) is 6.04 Å². The fourth-order valence-electron chi connectivity index (χ4n) is 3.96. The van der Waals surface area contributed by atoms with E-state index in [2.05, 4.69) is 20.3 Å². The number of amides is 1. The number of pyridine rings is 1. The van der Waals surface area contributed by atoms with Crippen molar-refractivity contribution in [1.82, 2.24) is 23.8 Å². The fraction of sp³-hybridized carbons (Fsp3) is 0.217. The van der Waals surface area contributed by atoms with E-state index in [0.29, 0.717) is 23.9 Å². The van der Waals surface area contributed by atoms with Gasteiger partial charge in [0.15, 0.2) is 23.1 Å². The number of likely N-dealkylation sites (tertiary alicyclic amines) is 1. The number of halogens is 2. The predicted molar refractivity (Wildman–Crippen MR) is 129 cm³/mol. The minimum atomic E-state index is -4.02. The van der Waals surface area contributed by atoms with Crippen LogP contribution >= 0.6 is 11.6 Å². The van der Waals surface area contributed by atoms with Crippen molar-refractivity contribution < 1.29 is 17.6 Å². The van der Waals surface area contributed by atoms with E-state index < -0.39 is 21.9 Å². The fourth-order valence-corrected chi connectivity index (χ4v) is 5.44. The lowest BCUT2D eigenvalue weighted by atomic mass is 10.2. The summed E-state index contributed by atoms with van der Waals surface area (Å²) in [6.07, 6.45) is 4.16. The Balaban J connectivity index is 1.63. The molecule has 0 bridgehead atoms. The number of rotatable bonds is 5. The molecule has 12 heteroatoms. The number of nitrogens with one attached hydrogen (secondary N) is 1. The molecule has 1 aliphatic rings. The van der Waals surface area contributed by atoms with Gasteiger partial charge in [0.05, 0.1) is 16.1 Å². The summed E-state index contributed by atoms with van der Waals surface area (Å²) in [5.74, 6) is -0.995. The van der Waals surface area contributed by atoms with Gasteiger partial charge in [-0.3, -0.25) is 4.79 Å². The largest absolute Gasteiger partial charge is 0.356 e. The SMILES string of the molecule is Cc1ccc(S(=O)(=O)n2cc(-c3ncc(F)c(NC4CCN(C)C4=O)n3)c3cc(Cl)cnc32)cc1. The number of aromatic nitrogens is 4. The number of nitrogens with zero attached hydrogens (tertiary/aromatic N) is 5. The van der Waals surface area contributed by atoms with Crippen LogP contribution in [0.2, 0.25) is 5.02 Å². The number of likely N-dealkylation sites (N-methyl/N-ethyl adjacent to an activating group) is 1. The number of fused-ring (bicyclic) bond motifs is 1. The first-order chi connectivity index (χ1) is 16.6. The Bertz CT molecular complexity index is 1570. The molecular formula is C23H20ClFN6O3S. The molecule has 1 N–H and O–H groups in total. The Labute approximate surface area is 205 Å². The highest BCUT2D eigenvalue weighted by molar-refractivity contribution is 7.90. The van der Waals surface area contributed by atoms with Gasteiger partial charge in [0, 0.05) is 36.9 Å². The molecule has 3 aromatic heterocycles. The van der Waals surface area contributed by atoms with Crippen molar-refractivity contribution in [3.05, 3.63) is 65.3 Å². The van der Waals surface area contributed by atoms with Crippen LogP contribution in [0.25, 0.3) is 22.4 Å². The summed E-state index contributed by atoms with van der Waals surface area (Å²) < 4.78 is 42.5. The molecule has 9 nitrogen and oxygen atoms in total. The van der Waals surface area contributed by atoms with E-state index in [1.165, 1.54) is 24.5 Å². The minimum absolute atomic E-state index is 0.0552. The van der Waals surface area contributed by atoms with Crippen LogP contribution in [-0.2, 0) is 14.8 Å². The van der Waals surface area contributed by atoms with Gasteiger partial charge in [-0.15, -0.1) is 0 Å². The maximum atomic E-state index is 14.5. The summed E-state index contributed by atoms with van der Waals surface area (Å²) in [5.41, 5.74) is 1.34. The quantitative estimate of drug-likeness (QED) is 0.434. The second kappa shape index (κ2) is 8.58. The third kappa shape index (κ3) is 4.10. The van der Waals surface area contributed by atoms with Gasteiger partial charge in [0.25, 0.3) is 10.0 Å². The number of hydrogen-bond donors (Lipinski definition) is 1. The standard InChI is InChI=1S/C23H20ClFN6O3S/c1-13-3-5-15(6-4-13)35(33,34)31-12-17(16-9-14(24)10-27-22(16)31)20-26-11-18(25)21(29-20)28-19-7-8-30(2)23(19)32/h3-6,9-12,19H,7-8H2,1-2H3,(H,26,28,29). The van der Waals surface area contributed by atoms with E-state index in [1.54, 1.807) is 30.1 Å². The van der Waals surface area contributed by atoms with E-state index in [4.69, 9.17) is 11.6 Å². The third-order valence-corrected chi connectivity index (χ3v) is 7.75. The van der Waals surface area contributed by atoms with Crippen molar-refractivity contribution in [2.75, 3.05) is 18.9 Å². The molecule has 4 aromatic rings. The highest BCUT2D eigenvalue weighted by atomic mass is 35.5. The summed E-state index contributed by atoms with van der Waals surface area (Å²) >= 11 is 6.16. The molecule has 0 radical (unpaired) electrons. The van der Waals surface area contributed by atoms with E-state index >= 15 is 0 Å². The van der Waals surface area contributed by atoms with Gasteiger partial charge in [-0.05, 0) is 31.5 Å². The molecule has 5 rings (SSSR count). The van der Waals surface area contributed by atoms with Crippen molar-refractivity contribution in [2.24, 2.45) is 0 Å². The summed E-state index contributed by atoms with van der Waals surface area (Å²) in [5, 5.41) is 3.50. The lowest BCUT2D eigenvalue weighted by Crippen LogP contribution is -2.31. The van der Waals surface area contributed by atoms with Gasteiger partial charge in [-0.25, -0.2) is 31.7 Å². The normalized spacial score (nSPS) is 16.3. The Kier molecular flexibility index (Phi) is 5.68. The number of benzene rings is 1. The Morgan fingerprint density at radius 2 is 1.91 bits per heavy atom. The van der Waals surface area contributed by atoms with Gasteiger partial charge < -0.3 is 10.2 Å². The van der Waals surface area contributed by atoms with Crippen LogP contribution in [0.1, 0.15) is 12.0 Å². The molecule has 1 saturated heterocycles. The van der Waals surface area contributed by atoms with E-state index in [-0.39, 0.29) is 33.1 Å². The van der Waals surface area contributed by atoms with Crippen LogP contribution in [0.4, 0.5) is 10.2 Å². The van der Waals surface area contributed by atoms with Crippen LogP contribution in [-0.4, -0.2) is 57.8 Å². The molecule has 1 atom stereocenters. The maximum absolute atomic E-state index is 14.5. The zero-order valence-corrected chi connectivity index (χ0v) is 20.3. The first kappa shape index (κ1) is 23.2. The highest BCUT2D eigenvalue weighted by Crippen LogP contribution is 2.33. The molecule has 1 aliphatic heterocycles. The smallest absolute Gasteiger partial charge is 0.269 e. The summed E-state index contributed by atoms with van der Waals surface area (Å²) in [7, 11) is -2.34. The Morgan fingerprint density at radius 1 is 1.17 bits per heavy atom. The molecule has 4 heterocycles. The number of anilines is 1. The highest BCUT2D eigenvalue weighted by Gasteiger charge is 2.30. The van der Waals surface area contributed by atoms with Crippen LogP contribution in [0.15, 0.2) is 53.8 Å². The van der Waals surface area contributed by atoms with Crippen LogP contribution < -0.4 is 5.32 Å². The van der Waals surface area contributed by atoms with Crippen molar-refractivity contribution in [3.63, 3.8) is 0 Å². The predicted octanol–water partition coefficient (Wildman–Crippen LogP) is 3.47. The van der Waals surface area contributed by atoms with Gasteiger partial charge >= 0.3 is 0 Å². The van der Waals surface area contributed by atoms with Crippen LogP contribution in [0, 0.1) is 12.7 Å². The maximum Gasteiger partial charge on any atom is 0.269 e. The van der Waals surface area contributed by atoms with E-state index in [9.17, 15) is 17.6 Å². The zero-order chi connectivity index (χ0) is 24.9. The molecule has 0 aliphatic carbocycles. The zero-order valence-electron chi connectivity index (χ0n) is 18.7. The van der Waals surface area contributed by atoms with Gasteiger partial charge in [-0.2, -0.15) is 0 Å². The molecule has 1 amide bonds. The Morgan fingerprint density at radius 3 is 2.60 bits per heavy atom. The minimum Gasteiger partial charge on any atom is -0.356 e. The molecule has 180 valence electrons. The van der Waals surface area contributed by atoms with E-state index in [1.807, 2.05) is 6.92 Å². The molecule has 1 aromatic carbocycles. The lowest BCUT2D eigenvalue weighted by molar-refractivity contribution is -0.127. The first-order valence-corrected chi connectivity index (χ1v) is 12.5. The van der Waals surface area contributed by atoms with Crippen molar-refractivity contribution in [1.29, 1.82) is 0 Å². The molecule has 1 unspecified atom stereocenters. The van der Waals surface area contributed by atoms with Crippen LogP contribution in [0.5, 0.6) is 0 Å².